The molecule has 0 spiro atoms. The number of carbonyl (C=O) groups excluding carboxylic acids is 1. The Hall–Kier alpha value is -2.54. The Morgan fingerprint density at radius 2 is 1.83 bits per heavy atom. The molecule has 0 unspecified atom stereocenters. The summed E-state index contributed by atoms with van der Waals surface area (Å²) in [6.45, 7) is 1.43. The molecule has 3 aromatic rings. The highest BCUT2D eigenvalue weighted by Gasteiger charge is 2.46. The Labute approximate surface area is 178 Å². The summed E-state index contributed by atoms with van der Waals surface area (Å²) < 4.78 is 19.0. The van der Waals surface area contributed by atoms with Gasteiger partial charge < -0.3 is 9.32 Å². The topological polar surface area (TPSA) is 59.2 Å². The van der Waals surface area contributed by atoms with Crippen molar-refractivity contribution in [3.05, 3.63) is 58.4 Å². The molecule has 1 amide bonds. The molecule has 2 aliphatic rings. The monoisotopic (exact) mass is 425 g/mol. The van der Waals surface area contributed by atoms with Crippen molar-refractivity contribution in [2.45, 2.75) is 49.9 Å². The van der Waals surface area contributed by atoms with Crippen molar-refractivity contribution >= 4 is 17.2 Å². The highest BCUT2D eigenvalue weighted by atomic mass is 32.1. The van der Waals surface area contributed by atoms with E-state index in [4.69, 9.17) is 4.42 Å². The molecule has 0 radical (unpaired) electrons. The highest BCUT2D eigenvalue weighted by Crippen LogP contribution is 2.45. The number of nitrogens with zero attached hydrogens (tertiary/aromatic N) is 3. The van der Waals surface area contributed by atoms with Crippen molar-refractivity contribution in [1.29, 1.82) is 0 Å². The molecule has 0 N–H and O–H groups in total. The molecular weight excluding hydrogens is 401 g/mol. The summed E-state index contributed by atoms with van der Waals surface area (Å²) in [5, 5.41) is 10.4. The maximum absolute atomic E-state index is 13.5. The quantitative estimate of drug-likeness (QED) is 0.580. The summed E-state index contributed by atoms with van der Waals surface area (Å²) in [6.07, 6.45) is 5.78. The number of hydrogen-bond acceptors (Lipinski definition) is 5. The summed E-state index contributed by atoms with van der Waals surface area (Å²) in [4.78, 5) is 16.8. The van der Waals surface area contributed by atoms with Crippen LogP contribution in [-0.4, -0.2) is 34.1 Å². The molecule has 156 valence electrons. The number of amides is 1. The molecule has 5 rings (SSSR count). The van der Waals surface area contributed by atoms with Gasteiger partial charge in [0.2, 0.25) is 17.7 Å². The van der Waals surface area contributed by atoms with Crippen LogP contribution in [0.15, 0.2) is 46.2 Å². The van der Waals surface area contributed by atoms with Crippen LogP contribution in [0.3, 0.4) is 0 Å². The molecule has 1 saturated heterocycles. The summed E-state index contributed by atoms with van der Waals surface area (Å²) >= 11 is 1.71. The van der Waals surface area contributed by atoms with Gasteiger partial charge in [0.15, 0.2) is 0 Å². The summed E-state index contributed by atoms with van der Waals surface area (Å²) in [7, 11) is 0. The Kier molecular flexibility index (Phi) is 5.15. The van der Waals surface area contributed by atoms with E-state index >= 15 is 0 Å². The second kappa shape index (κ2) is 7.95. The highest BCUT2D eigenvalue weighted by molar-refractivity contribution is 7.10. The smallest absolute Gasteiger partial charge is 0.247 e. The predicted molar refractivity (Wildman–Crippen MR) is 113 cm³/mol. The van der Waals surface area contributed by atoms with Crippen molar-refractivity contribution < 1.29 is 13.6 Å². The number of benzene rings is 1. The zero-order chi connectivity index (χ0) is 20.6. The van der Waals surface area contributed by atoms with Gasteiger partial charge in [-0.05, 0) is 61.4 Å². The zero-order valence-corrected chi connectivity index (χ0v) is 17.5. The van der Waals surface area contributed by atoms with Gasteiger partial charge in [0.1, 0.15) is 5.82 Å². The van der Waals surface area contributed by atoms with E-state index in [1.807, 2.05) is 11.0 Å². The zero-order valence-electron chi connectivity index (χ0n) is 16.7. The van der Waals surface area contributed by atoms with Gasteiger partial charge in [-0.2, -0.15) is 0 Å². The van der Waals surface area contributed by atoms with Crippen molar-refractivity contribution in [2.75, 3.05) is 13.1 Å². The first kappa shape index (κ1) is 19.4. The fourth-order valence-electron chi connectivity index (χ4n) is 4.84. The van der Waals surface area contributed by atoms with Gasteiger partial charge in [0.05, 0.1) is 5.41 Å². The number of piperidine rings is 1. The van der Waals surface area contributed by atoms with Gasteiger partial charge in [0, 0.05) is 29.4 Å². The van der Waals surface area contributed by atoms with Gasteiger partial charge in [-0.1, -0.05) is 18.9 Å². The first-order chi connectivity index (χ1) is 14.7. The second-order valence-corrected chi connectivity index (χ2v) is 9.23. The van der Waals surface area contributed by atoms with Crippen LogP contribution in [-0.2, 0) is 10.2 Å². The van der Waals surface area contributed by atoms with E-state index in [0.29, 0.717) is 36.3 Å². The fourth-order valence-corrected chi connectivity index (χ4v) is 5.81. The second-order valence-electron chi connectivity index (χ2n) is 8.29. The number of likely N-dealkylation sites (tertiary alicyclic amines) is 1. The number of carbonyl (C=O) groups is 1. The van der Waals surface area contributed by atoms with E-state index in [9.17, 15) is 9.18 Å². The lowest BCUT2D eigenvalue weighted by Crippen LogP contribution is -2.48. The number of hydrogen-bond donors (Lipinski definition) is 0. The molecule has 1 saturated carbocycles. The van der Waals surface area contributed by atoms with Gasteiger partial charge in [-0.15, -0.1) is 21.5 Å². The third kappa shape index (κ3) is 3.45. The van der Waals surface area contributed by atoms with Gasteiger partial charge >= 0.3 is 0 Å². The first-order valence-corrected chi connectivity index (χ1v) is 11.5. The van der Waals surface area contributed by atoms with E-state index in [1.54, 1.807) is 23.5 Å². The molecule has 1 aromatic carbocycles. The molecule has 1 aliphatic heterocycles. The average molecular weight is 426 g/mol. The van der Waals surface area contributed by atoms with Crippen LogP contribution in [0.4, 0.5) is 4.39 Å². The molecule has 0 bridgehead atoms. The maximum Gasteiger partial charge on any atom is 0.247 e. The molecular formula is C23H24FN3O2S. The van der Waals surface area contributed by atoms with Crippen molar-refractivity contribution in [3.8, 4) is 11.5 Å². The number of aromatic nitrogens is 2. The van der Waals surface area contributed by atoms with Crippen LogP contribution in [0, 0.1) is 5.82 Å². The standard InChI is InChI=1S/C23H24FN3O2S/c24-18-7-5-16(6-8-18)20-25-26-21(29-20)17-9-13-27(14-10-17)22(28)23(11-1-2-12-23)19-4-3-15-30-19/h3-8,15,17H,1-2,9-14H2. The van der Waals surface area contributed by atoms with Crippen molar-refractivity contribution in [3.63, 3.8) is 0 Å². The molecule has 7 heteroatoms. The molecule has 0 atom stereocenters. The Morgan fingerprint density at radius 1 is 1.10 bits per heavy atom. The van der Waals surface area contributed by atoms with E-state index in [2.05, 4.69) is 21.6 Å². The molecule has 5 nitrogen and oxygen atoms in total. The minimum atomic E-state index is -0.318. The van der Waals surface area contributed by atoms with E-state index in [0.717, 1.165) is 38.5 Å². The largest absolute Gasteiger partial charge is 0.420 e. The summed E-state index contributed by atoms with van der Waals surface area (Å²) in [5.41, 5.74) is 0.392. The van der Waals surface area contributed by atoms with Gasteiger partial charge in [0.25, 0.3) is 0 Å². The number of rotatable bonds is 4. The molecule has 30 heavy (non-hydrogen) atoms. The Balaban J connectivity index is 1.26. The van der Waals surface area contributed by atoms with Crippen LogP contribution in [0.5, 0.6) is 0 Å². The van der Waals surface area contributed by atoms with Gasteiger partial charge in [-0.3, -0.25) is 4.79 Å². The molecule has 3 heterocycles. The molecule has 1 aliphatic carbocycles. The van der Waals surface area contributed by atoms with E-state index in [-0.39, 0.29) is 17.2 Å². The minimum absolute atomic E-state index is 0.150. The minimum Gasteiger partial charge on any atom is -0.420 e. The number of thiophene rings is 1. The van der Waals surface area contributed by atoms with Crippen LogP contribution < -0.4 is 0 Å². The molecule has 2 fully saturated rings. The molecule has 2 aromatic heterocycles. The Morgan fingerprint density at radius 3 is 2.50 bits per heavy atom. The fraction of sp³-hybridized carbons (Fsp3) is 0.435. The van der Waals surface area contributed by atoms with Crippen LogP contribution >= 0.6 is 11.3 Å². The third-order valence-corrected chi connectivity index (χ3v) is 7.60. The lowest BCUT2D eigenvalue weighted by atomic mass is 9.82. The maximum atomic E-state index is 13.5. The number of halogens is 1. The van der Waals surface area contributed by atoms with E-state index in [1.165, 1.54) is 17.0 Å². The van der Waals surface area contributed by atoms with Crippen molar-refractivity contribution in [2.24, 2.45) is 0 Å². The van der Waals surface area contributed by atoms with Gasteiger partial charge in [-0.25, -0.2) is 4.39 Å². The summed E-state index contributed by atoms with van der Waals surface area (Å²) in [6, 6.07) is 10.2. The normalized spacial score (nSPS) is 19.3. The average Bonchev–Trinajstić information content (AvgIpc) is 3.56. The van der Waals surface area contributed by atoms with E-state index < -0.39 is 0 Å². The van der Waals surface area contributed by atoms with Crippen molar-refractivity contribution in [1.82, 2.24) is 15.1 Å². The lowest BCUT2D eigenvalue weighted by molar-refractivity contribution is -0.138. The van der Waals surface area contributed by atoms with Crippen LogP contribution in [0.1, 0.15) is 55.2 Å². The van der Waals surface area contributed by atoms with Crippen LogP contribution in [0.2, 0.25) is 0 Å². The first-order valence-electron chi connectivity index (χ1n) is 10.6. The Bertz CT molecular complexity index is 1000. The SMILES string of the molecule is O=C(N1CCC(c2nnc(-c3ccc(F)cc3)o2)CC1)C1(c2cccs2)CCCC1. The predicted octanol–water partition coefficient (Wildman–Crippen LogP) is 5.16. The lowest BCUT2D eigenvalue weighted by Gasteiger charge is -2.37. The van der Waals surface area contributed by atoms with Crippen LogP contribution in [0.25, 0.3) is 11.5 Å². The third-order valence-electron chi connectivity index (χ3n) is 6.52. The summed E-state index contributed by atoms with van der Waals surface area (Å²) in [5.74, 6) is 1.16.